The molecule has 5 nitrogen and oxygen atoms in total. The third-order valence-electron chi connectivity index (χ3n) is 4.40. The van der Waals surface area contributed by atoms with Gasteiger partial charge in [0.1, 0.15) is 0 Å². The number of hydrogen-bond donors (Lipinski definition) is 2. The summed E-state index contributed by atoms with van der Waals surface area (Å²) in [5.41, 5.74) is 0.841. The molecule has 0 atom stereocenters. The Balaban J connectivity index is 1.99. The number of nitrogens with zero attached hydrogens (tertiary/aromatic N) is 1. The van der Waals surface area contributed by atoms with Gasteiger partial charge in [0.25, 0.3) is 0 Å². The van der Waals surface area contributed by atoms with Gasteiger partial charge in [-0.3, -0.25) is 4.79 Å². The van der Waals surface area contributed by atoms with Crippen LogP contribution in [0.15, 0.2) is 18.2 Å². The number of urea groups is 1. The van der Waals surface area contributed by atoms with Gasteiger partial charge in [0, 0.05) is 35.6 Å². The molecule has 0 aromatic heterocycles. The zero-order chi connectivity index (χ0) is 17.0. The van der Waals surface area contributed by atoms with Gasteiger partial charge in [-0.15, -0.1) is 0 Å². The second-order valence-electron chi connectivity index (χ2n) is 5.98. The van der Waals surface area contributed by atoms with Crippen molar-refractivity contribution in [3.05, 3.63) is 33.8 Å². The van der Waals surface area contributed by atoms with E-state index < -0.39 is 5.97 Å². The summed E-state index contributed by atoms with van der Waals surface area (Å²) in [4.78, 5) is 24.0. The van der Waals surface area contributed by atoms with Crippen LogP contribution in [0.5, 0.6) is 0 Å². The molecule has 0 radical (unpaired) electrons. The Labute approximate surface area is 145 Å². The molecule has 0 unspecified atom stereocenters. The molecule has 1 fully saturated rings. The number of aliphatic carboxylic acids is 1. The highest BCUT2D eigenvalue weighted by Crippen LogP contribution is 2.46. The van der Waals surface area contributed by atoms with Gasteiger partial charge in [-0.2, -0.15) is 0 Å². The first-order valence-corrected chi connectivity index (χ1v) is 8.26. The quantitative estimate of drug-likeness (QED) is 0.816. The molecule has 2 rings (SSSR count). The van der Waals surface area contributed by atoms with Crippen molar-refractivity contribution in [3.8, 4) is 0 Å². The Morgan fingerprint density at radius 1 is 1.35 bits per heavy atom. The normalized spacial score (nSPS) is 15.6. The summed E-state index contributed by atoms with van der Waals surface area (Å²) < 4.78 is 0. The first-order valence-electron chi connectivity index (χ1n) is 7.50. The van der Waals surface area contributed by atoms with Crippen molar-refractivity contribution in [2.24, 2.45) is 0 Å². The summed E-state index contributed by atoms with van der Waals surface area (Å²) in [5.74, 6) is -0.923. The van der Waals surface area contributed by atoms with E-state index in [0.29, 0.717) is 16.6 Å². The minimum absolute atomic E-state index is 0.0714. The molecular formula is C16H20Cl2N2O3. The van der Waals surface area contributed by atoms with Gasteiger partial charge in [0.15, 0.2) is 0 Å². The number of rotatable bonds is 6. The number of halogens is 2. The molecule has 126 valence electrons. The monoisotopic (exact) mass is 358 g/mol. The number of carboxylic acid groups (broad SMARTS) is 1. The molecule has 1 aliphatic rings. The van der Waals surface area contributed by atoms with Gasteiger partial charge in [0.2, 0.25) is 0 Å². The molecule has 1 aromatic rings. The number of amides is 2. The molecule has 1 aliphatic carbocycles. The van der Waals surface area contributed by atoms with Crippen LogP contribution in [0.3, 0.4) is 0 Å². The average Bonchev–Trinajstić information content (AvgIpc) is 2.44. The molecule has 0 saturated heterocycles. The van der Waals surface area contributed by atoms with Crippen LogP contribution in [0.2, 0.25) is 10.0 Å². The van der Waals surface area contributed by atoms with Gasteiger partial charge >= 0.3 is 12.0 Å². The highest BCUT2D eigenvalue weighted by molar-refractivity contribution is 6.35. The molecule has 0 heterocycles. The maximum Gasteiger partial charge on any atom is 0.317 e. The molecular weight excluding hydrogens is 339 g/mol. The zero-order valence-corrected chi connectivity index (χ0v) is 14.5. The first kappa shape index (κ1) is 17.9. The zero-order valence-electron chi connectivity index (χ0n) is 12.9. The number of hydrogen-bond acceptors (Lipinski definition) is 2. The number of carbonyl (C=O) groups excluding carboxylic acids is 1. The Bertz CT molecular complexity index is 603. The largest absolute Gasteiger partial charge is 0.481 e. The van der Waals surface area contributed by atoms with Gasteiger partial charge < -0.3 is 15.3 Å². The van der Waals surface area contributed by atoms with Crippen LogP contribution in [0.4, 0.5) is 4.79 Å². The fourth-order valence-electron chi connectivity index (χ4n) is 2.81. The van der Waals surface area contributed by atoms with Crippen molar-refractivity contribution in [2.45, 2.75) is 31.1 Å². The van der Waals surface area contributed by atoms with E-state index in [9.17, 15) is 9.59 Å². The van der Waals surface area contributed by atoms with Crippen LogP contribution in [-0.4, -0.2) is 42.1 Å². The number of carbonyl (C=O) groups is 2. The van der Waals surface area contributed by atoms with Crippen molar-refractivity contribution in [1.29, 1.82) is 0 Å². The molecule has 1 saturated carbocycles. The Hall–Kier alpha value is -1.46. The molecule has 0 aliphatic heterocycles. The van der Waals surface area contributed by atoms with Gasteiger partial charge in [-0.25, -0.2) is 4.79 Å². The molecule has 0 bridgehead atoms. The standard InChI is InChI=1S/C16H20Cl2N2O3/c1-20(8-5-14(21)22)15(23)19-10-16(6-2-7-16)12-4-3-11(17)9-13(12)18/h3-4,9H,2,5-8,10H2,1H3,(H,19,23)(H,21,22). The lowest BCUT2D eigenvalue weighted by atomic mass is 9.64. The Kier molecular flexibility index (Phi) is 5.76. The lowest BCUT2D eigenvalue weighted by Crippen LogP contribution is -2.49. The highest BCUT2D eigenvalue weighted by Gasteiger charge is 2.40. The van der Waals surface area contributed by atoms with E-state index in [2.05, 4.69) is 5.32 Å². The number of benzene rings is 1. The lowest BCUT2D eigenvalue weighted by molar-refractivity contribution is -0.137. The summed E-state index contributed by atoms with van der Waals surface area (Å²) in [5, 5.41) is 12.8. The molecule has 23 heavy (non-hydrogen) atoms. The van der Waals surface area contributed by atoms with E-state index in [1.807, 2.05) is 12.1 Å². The topological polar surface area (TPSA) is 69.6 Å². The number of carboxylic acids is 1. The lowest BCUT2D eigenvalue weighted by Gasteiger charge is -2.43. The van der Waals surface area contributed by atoms with E-state index in [-0.39, 0.29) is 24.4 Å². The van der Waals surface area contributed by atoms with Crippen LogP contribution < -0.4 is 5.32 Å². The molecule has 2 amide bonds. The predicted octanol–water partition coefficient (Wildman–Crippen LogP) is 3.53. The maximum atomic E-state index is 12.1. The number of nitrogens with one attached hydrogen (secondary N) is 1. The van der Waals surface area contributed by atoms with Crippen LogP contribution in [0.1, 0.15) is 31.2 Å². The van der Waals surface area contributed by atoms with Crippen LogP contribution in [0.25, 0.3) is 0 Å². The summed E-state index contributed by atoms with van der Waals surface area (Å²) in [6.07, 6.45) is 2.92. The van der Waals surface area contributed by atoms with E-state index in [1.165, 1.54) is 4.90 Å². The van der Waals surface area contributed by atoms with E-state index in [0.717, 1.165) is 24.8 Å². The van der Waals surface area contributed by atoms with Gasteiger partial charge in [0.05, 0.1) is 6.42 Å². The summed E-state index contributed by atoms with van der Waals surface area (Å²) >= 11 is 12.3. The smallest absolute Gasteiger partial charge is 0.317 e. The summed E-state index contributed by atoms with van der Waals surface area (Å²) in [6.45, 7) is 0.653. The third kappa shape index (κ3) is 4.30. The van der Waals surface area contributed by atoms with Gasteiger partial charge in [-0.05, 0) is 30.5 Å². The molecule has 0 spiro atoms. The van der Waals surface area contributed by atoms with Crippen LogP contribution >= 0.6 is 23.2 Å². The van der Waals surface area contributed by atoms with Crippen LogP contribution in [0, 0.1) is 0 Å². The van der Waals surface area contributed by atoms with Crippen LogP contribution in [-0.2, 0) is 10.2 Å². The van der Waals surface area contributed by atoms with E-state index in [1.54, 1.807) is 13.1 Å². The van der Waals surface area contributed by atoms with Crippen molar-refractivity contribution in [1.82, 2.24) is 10.2 Å². The minimum atomic E-state index is -0.923. The fourth-order valence-corrected chi connectivity index (χ4v) is 3.42. The Morgan fingerprint density at radius 3 is 2.57 bits per heavy atom. The summed E-state index contributed by atoms with van der Waals surface area (Å²) in [7, 11) is 1.58. The van der Waals surface area contributed by atoms with Crippen molar-refractivity contribution in [2.75, 3.05) is 20.1 Å². The van der Waals surface area contributed by atoms with Gasteiger partial charge in [-0.1, -0.05) is 35.7 Å². The first-order chi connectivity index (χ1) is 10.8. The van der Waals surface area contributed by atoms with Crippen molar-refractivity contribution in [3.63, 3.8) is 0 Å². The fraction of sp³-hybridized carbons (Fsp3) is 0.500. The average molecular weight is 359 g/mol. The predicted molar refractivity (Wildman–Crippen MR) is 90.3 cm³/mol. The SMILES string of the molecule is CN(CCC(=O)O)C(=O)NCC1(c2ccc(Cl)cc2Cl)CCC1. The second kappa shape index (κ2) is 7.41. The molecule has 1 aromatic carbocycles. The summed E-state index contributed by atoms with van der Waals surface area (Å²) in [6, 6.07) is 5.18. The third-order valence-corrected chi connectivity index (χ3v) is 4.95. The molecule has 7 heteroatoms. The second-order valence-corrected chi connectivity index (χ2v) is 6.83. The van der Waals surface area contributed by atoms with E-state index >= 15 is 0 Å². The van der Waals surface area contributed by atoms with Crippen molar-refractivity contribution < 1.29 is 14.7 Å². The Morgan fingerprint density at radius 2 is 2.04 bits per heavy atom. The van der Waals surface area contributed by atoms with E-state index in [4.69, 9.17) is 28.3 Å². The molecule has 2 N–H and O–H groups in total. The minimum Gasteiger partial charge on any atom is -0.481 e. The highest BCUT2D eigenvalue weighted by atomic mass is 35.5. The maximum absolute atomic E-state index is 12.1. The van der Waals surface area contributed by atoms with Crippen molar-refractivity contribution >= 4 is 35.2 Å².